The molecule has 0 N–H and O–H groups in total. The van der Waals surface area contributed by atoms with E-state index in [2.05, 4.69) is 72.2 Å². The first kappa shape index (κ1) is 21.5. The van der Waals surface area contributed by atoms with E-state index >= 15 is 0 Å². The summed E-state index contributed by atoms with van der Waals surface area (Å²) in [6.45, 7) is 25.2. The maximum Gasteiger partial charge on any atom is 0.253 e. The van der Waals surface area contributed by atoms with Gasteiger partial charge in [-0.1, -0.05) is 53.3 Å². The zero-order valence-electron chi connectivity index (χ0n) is 16.7. The molecule has 0 atom stereocenters. The Morgan fingerprint density at radius 2 is 1.14 bits per heavy atom. The van der Waals surface area contributed by atoms with Gasteiger partial charge in [-0.25, -0.2) is 0 Å². The standard InChI is InChI=1S/C18H36N2OS/c1-15(2,3)13(21)19-14(22-18(10,11)12)20(16(4,5)6)17(7,8)9/h1-12H3. The lowest BCUT2D eigenvalue weighted by Crippen LogP contribution is -2.55. The Bertz CT molecular complexity index is 412. The molecule has 0 aromatic rings. The van der Waals surface area contributed by atoms with Crippen molar-refractivity contribution in [3.05, 3.63) is 0 Å². The lowest BCUT2D eigenvalue weighted by Gasteiger charge is -2.48. The lowest BCUT2D eigenvalue weighted by molar-refractivity contribution is -0.124. The van der Waals surface area contributed by atoms with Crippen molar-refractivity contribution in [1.29, 1.82) is 0 Å². The van der Waals surface area contributed by atoms with E-state index in [-0.39, 0.29) is 21.7 Å². The van der Waals surface area contributed by atoms with E-state index in [0.717, 1.165) is 5.17 Å². The van der Waals surface area contributed by atoms with E-state index in [1.807, 2.05) is 20.8 Å². The highest BCUT2D eigenvalue weighted by atomic mass is 32.2. The molecule has 0 aliphatic carbocycles. The Morgan fingerprint density at radius 3 is 1.36 bits per heavy atom. The molecule has 0 spiro atoms. The van der Waals surface area contributed by atoms with E-state index in [9.17, 15) is 4.79 Å². The third-order valence-corrected chi connectivity index (χ3v) is 3.84. The quantitative estimate of drug-likeness (QED) is 0.444. The monoisotopic (exact) mass is 328 g/mol. The van der Waals surface area contributed by atoms with Crippen LogP contribution in [0.25, 0.3) is 0 Å². The Morgan fingerprint density at radius 1 is 0.773 bits per heavy atom. The summed E-state index contributed by atoms with van der Waals surface area (Å²) in [6.07, 6.45) is 0. The van der Waals surface area contributed by atoms with Crippen molar-refractivity contribution >= 4 is 22.8 Å². The van der Waals surface area contributed by atoms with Gasteiger partial charge in [0.1, 0.15) is 0 Å². The molecule has 0 saturated heterocycles. The van der Waals surface area contributed by atoms with Crippen LogP contribution in [0.5, 0.6) is 0 Å². The van der Waals surface area contributed by atoms with E-state index in [4.69, 9.17) is 0 Å². The highest BCUT2D eigenvalue weighted by Crippen LogP contribution is 2.35. The average molecular weight is 329 g/mol. The predicted molar refractivity (Wildman–Crippen MR) is 101 cm³/mol. The van der Waals surface area contributed by atoms with E-state index in [1.54, 1.807) is 11.8 Å². The zero-order chi connectivity index (χ0) is 18.1. The van der Waals surface area contributed by atoms with Crippen LogP contribution in [0.4, 0.5) is 0 Å². The minimum atomic E-state index is -0.467. The SMILES string of the molecule is CC(C)(C)SC(=NC(=O)C(C)(C)C)N(C(C)(C)C)C(C)(C)C. The molecule has 3 nitrogen and oxygen atoms in total. The molecule has 0 rings (SSSR count). The maximum atomic E-state index is 12.5. The maximum absolute atomic E-state index is 12.5. The molecule has 0 aliphatic rings. The summed E-state index contributed by atoms with van der Waals surface area (Å²) in [5.74, 6) is -0.0715. The third-order valence-electron chi connectivity index (χ3n) is 2.77. The van der Waals surface area contributed by atoms with E-state index in [1.165, 1.54) is 0 Å². The van der Waals surface area contributed by atoms with Gasteiger partial charge in [-0.2, -0.15) is 4.99 Å². The number of aliphatic imine (C=N–C) groups is 1. The van der Waals surface area contributed by atoms with Crippen LogP contribution < -0.4 is 0 Å². The van der Waals surface area contributed by atoms with Gasteiger partial charge in [-0.05, 0) is 41.5 Å². The minimum Gasteiger partial charge on any atom is -0.341 e. The van der Waals surface area contributed by atoms with Crippen LogP contribution >= 0.6 is 11.8 Å². The van der Waals surface area contributed by atoms with Gasteiger partial charge in [-0.3, -0.25) is 4.79 Å². The highest BCUT2D eigenvalue weighted by molar-refractivity contribution is 8.14. The Hall–Kier alpha value is -0.510. The number of carbonyl (C=O) groups is 1. The van der Waals surface area contributed by atoms with Gasteiger partial charge in [-0.15, -0.1) is 0 Å². The molecule has 0 aromatic heterocycles. The molecular formula is C18H36N2OS. The molecule has 130 valence electrons. The number of amides is 1. The van der Waals surface area contributed by atoms with Gasteiger partial charge in [0.25, 0.3) is 5.91 Å². The fraction of sp³-hybridized carbons (Fsp3) is 0.889. The Balaban J connectivity index is 6.05. The first-order valence-electron chi connectivity index (χ1n) is 7.98. The first-order valence-corrected chi connectivity index (χ1v) is 8.80. The Labute approximate surface area is 142 Å². The van der Waals surface area contributed by atoms with Crippen molar-refractivity contribution in [1.82, 2.24) is 4.90 Å². The van der Waals surface area contributed by atoms with Crippen molar-refractivity contribution in [2.75, 3.05) is 0 Å². The average Bonchev–Trinajstić information content (AvgIpc) is 2.06. The number of amidine groups is 1. The zero-order valence-corrected chi connectivity index (χ0v) is 17.5. The normalized spacial score (nSPS) is 15.0. The Kier molecular flexibility index (Phi) is 6.39. The second kappa shape index (κ2) is 6.54. The van der Waals surface area contributed by atoms with Crippen molar-refractivity contribution < 1.29 is 4.79 Å². The fourth-order valence-electron chi connectivity index (χ4n) is 2.23. The van der Waals surface area contributed by atoms with Gasteiger partial charge in [0, 0.05) is 21.2 Å². The summed E-state index contributed by atoms with van der Waals surface area (Å²) in [7, 11) is 0. The van der Waals surface area contributed by atoms with Gasteiger partial charge >= 0.3 is 0 Å². The van der Waals surface area contributed by atoms with Gasteiger partial charge < -0.3 is 4.90 Å². The summed E-state index contributed by atoms with van der Waals surface area (Å²) >= 11 is 1.66. The van der Waals surface area contributed by atoms with E-state index < -0.39 is 5.41 Å². The molecule has 0 radical (unpaired) electrons. The molecule has 1 amide bonds. The molecular weight excluding hydrogens is 292 g/mol. The highest BCUT2D eigenvalue weighted by Gasteiger charge is 2.37. The summed E-state index contributed by atoms with van der Waals surface area (Å²) in [5.41, 5.74) is -0.702. The molecule has 4 heteroatoms. The van der Waals surface area contributed by atoms with Crippen LogP contribution in [0.15, 0.2) is 4.99 Å². The topological polar surface area (TPSA) is 32.7 Å². The van der Waals surface area contributed by atoms with Crippen LogP contribution in [0, 0.1) is 5.41 Å². The fourth-order valence-corrected chi connectivity index (χ4v) is 3.54. The number of hydrogen-bond acceptors (Lipinski definition) is 2. The molecule has 0 aliphatic heterocycles. The minimum absolute atomic E-state index is 0.00819. The third kappa shape index (κ3) is 7.17. The van der Waals surface area contributed by atoms with Gasteiger partial charge in [0.2, 0.25) is 0 Å². The molecule has 0 aromatic carbocycles. The number of hydrogen-bond donors (Lipinski definition) is 0. The van der Waals surface area contributed by atoms with Crippen LogP contribution in [-0.2, 0) is 4.79 Å². The van der Waals surface area contributed by atoms with E-state index in [0.29, 0.717) is 0 Å². The van der Waals surface area contributed by atoms with Crippen molar-refractivity contribution in [3.63, 3.8) is 0 Å². The number of rotatable bonds is 0. The smallest absolute Gasteiger partial charge is 0.253 e. The molecule has 0 bridgehead atoms. The van der Waals surface area contributed by atoms with Crippen LogP contribution in [0.1, 0.15) is 83.1 Å². The molecule has 0 saturated carbocycles. The molecule has 22 heavy (non-hydrogen) atoms. The summed E-state index contributed by atoms with van der Waals surface area (Å²) in [4.78, 5) is 19.3. The van der Waals surface area contributed by atoms with Crippen molar-refractivity contribution in [2.45, 2.75) is 98.9 Å². The van der Waals surface area contributed by atoms with Gasteiger partial charge in [0.15, 0.2) is 5.17 Å². The van der Waals surface area contributed by atoms with Crippen LogP contribution in [-0.4, -0.2) is 31.8 Å². The summed E-state index contributed by atoms with van der Waals surface area (Å²) < 4.78 is -0.00819. The van der Waals surface area contributed by atoms with Crippen LogP contribution in [0.3, 0.4) is 0 Å². The second-order valence-corrected chi connectivity index (χ2v) is 11.6. The van der Waals surface area contributed by atoms with Gasteiger partial charge in [0.05, 0.1) is 0 Å². The molecule has 0 heterocycles. The summed E-state index contributed by atoms with van der Waals surface area (Å²) in [5, 5.41) is 0.812. The second-order valence-electron chi connectivity index (χ2n) is 9.84. The number of thioether (sulfide) groups is 1. The van der Waals surface area contributed by atoms with Crippen molar-refractivity contribution in [3.8, 4) is 0 Å². The molecule has 0 unspecified atom stereocenters. The predicted octanol–water partition coefficient (Wildman–Crippen LogP) is 5.35. The first-order chi connectivity index (χ1) is 9.36. The largest absolute Gasteiger partial charge is 0.341 e. The number of nitrogens with zero attached hydrogens (tertiary/aromatic N) is 2. The van der Waals surface area contributed by atoms with Crippen LogP contribution in [0.2, 0.25) is 0 Å². The van der Waals surface area contributed by atoms with Crippen molar-refractivity contribution in [2.24, 2.45) is 10.4 Å². The number of carbonyl (C=O) groups excluding carboxylic acids is 1. The molecule has 0 fully saturated rings. The summed E-state index contributed by atoms with van der Waals surface area (Å²) in [6, 6.07) is 0. The lowest BCUT2D eigenvalue weighted by atomic mass is 9.95.